The largest absolute Gasteiger partial charge is 0.385 e. The van der Waals surface area contributed by atoms with E-state index in [1.165, 1.54) is 22.3 Å². The Labute approximate surface area is 256 Å². The van der Waals surface area contributed by atoms with Crippen molar-refractivity contribution in [3.63, 3.8) is 0 Å². The van der Waals surface area contributed by atoms with Crippen LogP contribution in [0.15, 0.2) is 154 Å². The average molecular weight is 565 g/mol. The SMILES string of the molecule is CC(C)=C/C=C/C(C)=C/C=C/C(C)=C/C=C/C(C)=C/C=C/C=C(C)/C=C/C=C(C)/C=C/C1=C(C)C(=O)C(O)CC1(C)C. The molecule has 0 aromatic heterocycles. The first-order valence-corrected chi connectivity index (χ1v) is 14.7. The number of rotatable bonds is 12. The highest BCUT2D eigenvalue weighted by molar-refractivity contribution is 6.00. The Hall–Kier alpha value is -3.75. The van der Waals surface area contributed by atoms with E-state index in [2.05, 4.69) is 134 Å². The van der Waals surface area contributed by atoms with E-state index < -0.39 is 6.10 Å². The third kappa shape index (κ3) is 14.8. The van der Waals surface area contributed by atoms with Crippen molar-refractivity contribution >= 4 is 5.78 Å². The molecule has 1 unspecified atom stereocenters. The van der Waals surface area contributed by atoms with Crippen molar-refractivity contribution in [2.45, 2.75) is 81.8 Å². The maximum absolute atomic E-state index is 12.2. The molecule has 1 atom stereocenters. The van der Waals surface area contributed by atoms with Gasteiger partial charge in [-0.15, -0.1) is 0 Å². The fourth-order valence-corrected chi connectivity index (χ4v) is 4.28. The van der Waals surface area contributed by atoms with E-state index in [1.807, 2.05) is 44.2 Å². The van der Waals surface area contributed by atoms with Crippen LogP contribution in [0.1, 0.15) is 75.7 Å². The fourth-order valence-electron chi connectivity index (χ4n) is 4.28. The number of Topliss-reactive ketones (excluding diaryl/α,β-unsaturated/α-hetero) is 1. The standard InChI is InChI=1S/C40H52O2/c1-30(2)17-13-20-33(5)23-15-25-34(6)24-14-21-31(3)18-11-12-19-32(4)22-16-26-35(7)27-28-37-36(8)39(42)38(41)29-40(37,9)10/h11-28,38,41H,29H2,1-10H3/b12-11+,20-13+,21-14+,22-16+,25-15+,28-27+,31-18+,32-19+,33-23+,34-24+,35-26+. The zero-order valence-corrected chi connectivity index (χ0v) is 27.5. The van der Waals surface area contributed by atoms with Gasteiger partial charge in [0.1, 0.15) is 6.10 Å². The summed E-state index contributed by atoms with van der Waals surface area (Å²) in [5.41, 5.74) is 8.54. The molecule has 0 bridgehead atoms. The zero-order chi connectivity index (χ0) is 31.7. The van der Waals surface area contributed by atoms with Gasteiger partial charge in [-0.3, -0.25) is 4.79 Å². The minimum atomic E-state index is -0.895. The number of ketones is 1. The van der Waals surface area contributed by atoms with Gasteiger partial charge in [0.2, 0.25) is 0 Å². The van der Waals surface area contributed by atoms with E-state index in [4.69, 9.17) is 0 Å². The van der Waals surface area contributed by atoms with Crippen LogP contribution in [0.5, 0.6) is 0 Å². The van der Waals surface area contributed by atoms with Crippen LogP contribution in [0, 0.1) is 5.41 Å². The molecule has 0 radical (unpaired) electrons. The molecule has 0 spiro atoms. The van der Waals surface area contributed by atoms with E-state index in [1.54, 1.807) is 0 Å². The van der Waals surface area contributed by atoms with Crippen LogP contribution in [0.3, 0.4) is 0 Å². The van der Waals surface area contributed by atoms with Crippen molar-refractivity contribution in [1.82, 2.24) is 0 Å². The van der Waals surface area contributed by atoms with Crippen LogP contribution in [-0.2, 0) is 4.79 Å². The number of allylic oxidation sites excluding steroid dienone is 25. The Morgan fingerprint density at radius 1 is 0.619 bits per heavy atom. The molecular formula is C40H52O2. The lowest BCUT2D eigenvalue weighted by molar-refractivity contribution is -0.125. The first-order valence-electron chi connectivity index (χ1n) is 14.7. The normalized spacial score (nSPS) is 20.2. The minimum absolute atomic E-state index is 0.163. The van der Waals surface area contributed by atoms with Gasteiger partial charge in [0.15, 0.2) is 5.78 Å². The second-order valence-electron chi connectivity index (χ2n) is 12.0. The van der Waals surface area contributed by atoms with E-state index in [9.17, 15) is 9.90 Å². The molecule has 0 heterocycles. The molecule has 2 nitrogen and oxygen atoms in total. The quantitative estimate of drug-likeness (QED) is 0.239. The third-order valence-corrected chi connectivity index (χ3v) is 6.79. The molecule has 0 aromatic carbocycles. The minimum Gasteiger partial charge on any atom is -0.385 e. The molecule has 0 saturated heterocycles. The van der Waals surface area contributed by atoms with Crippen molar-refractivity contribution in [3.05, 3.63) is 154 Å². The van der Waals surface area contributed by atoms with E-state index in [0.29, 0.717) is 12.0 Å². The summed E-state index contributed by atoms with van der Waals surface area (Å²) in [6.07, 6.45) is 36.9. The monoisotopic (exact) mass is 564 g/mol. The van der Waals surface area contributed by atoms with E-state index in [0.717, 1.165) is 16.7 Å². The molecule has 1 aliphatic carbocycles. The molecule has 1 aliphatic rings. The summed E-state index contributed by atoms with van der Waals surface area (Å²) in [6.45, 7) is 20.5. The maximum atomic E-state index is 12.2. The lowest BCUT2D eigenvalue weighted by Gasteiger charge is -2.34. The van der Waals surface area contributed by atoms with Gasteiger partial charge in [-0.1, -0.05) is 157 Å². The maximum Gasteiger partial charge on any atom is 0.187 e. The summed E-state index contributed by atoms with van der Waals surface area (Å²) in [6, 6.07) is 0. The Balaban J connectivity index is 2.67. The molecular weight excluding hydrogens is 512 g/mol. The predicted molar refractivity (Wildman–Crippen MR) is 185 cm³/mol. The van der Waals surface area contributed by atoms with E-state index in [-0.39, 0.29) is 11.2 Å². The van der Waals surface area contributed by atoms with Gasteiger partial charge in [0.05, 0.1) is 0 Å². The van der Waals surface area contributed by atoms with Crippen molar-refractivity contribution in [2.75, 3.05) is 0 Å². The van der Waals surface area contributed by atoms with Crippen molar-refractivity contribution in [3.8, 4) is 0 Å². The topological polar surface area (TPSA) is 37.3 Å². The summed E-state index contributed by atoms with van der Waals surface area (Å²) >= 11 is 0. The van der Waals surface area contributed by atoms with Crippen LogP contribution in [-0.4, -0.2) is 17.0 Å². The molecule has 0 fully saturated rings. The molecule has 42 heavy (non-hydrogen) atoms. The lowest BCUT2D eigenvalue weighted by atomic mass is 9.71. The Bertz CT molecular complexity index is 1340. The van der Waals surface area contributed by atoms with Gasteiger partial charge >= 0.3 is 0 Å². The highest BCUT2D eigenvalue weighted by atomic mass is 16.3. The van der Waals surface area contributed by atoms with Crippen LogP contribution in [0.2, 0.25) is 0 Å². The number of carbonyl (C=O) groups is 1. The Morgan fingerprint density at radius 2 is 0.976 bits per heavy atom. The van der Waals surface area contributed by atoms with Crippen molar-refractivity contribution in [2.24, 2.45) is 5.41 Å². The number of aliphatic hydroxyl groups excluding tert-OH is 1. The van der Waals surface area contributed by atoms with Gasteiger partial charge in [0, 0.05) is 0 Å². The Kier molecular flexibility index (Phi) is 16.1. The number of hydrogen-bond donors (Lipinski definition) is 1. The molecule has 0 aromatic rings. The smallest absolute Gasteiger partial charge is 0.187 e. The lowest BCUT2D eigenvalue weighted by Crippen LogP contribution is -2.35. The molecule has 224 valence electrons. The van der Waals surface area contributed by atoms with Crippen LogP contribution >= 0.6 is 0 Å². The van der Waals surface area contributed by atoms with Gasteiger partial charge in [-0.25, -0.2) is 0 Å². The van der Waals surface area contributed by atoms with Gasteiger partial charge in [-0.2, -0.15) is 0 Å². The molecule has 0 saturated carbocycles. The molecule has 0 amide bonds. The summed E-state index contributed by atoms with van der Waals surface area (Å²) < 4.78 is 0. The van der Waals surface area contributed by atoms with E-state index >= 15 is 0 Å². The molecule has 0 aliphatic heterocycles. The van der Waals surface area contributed by atoms with Gasteiger partial charge < -0.3 is 5.11 Å². The van der Waals surface area contributed by atoms with Gasteiger partial charge in [0.25, 0.3) is 0 Å². The van der Waals surface area contributed by atoms with Crippen LogP contribution in [0.4, 0.5) is 0 Å². The first-order chi connectivity index (χ1) is 19.7. The second-order valence-corrected chi connectivity index (χ2v) is 12.0. The summed E-state index contributed by atoms with van der Waals surface area (Å²) in [7, 11) is 0. The highest BCUT2D eigenvalue weighted by Gasteiger charge is 2.36. The van der Waals surface area contributed by atoms with Crippen LogP contribution < -0.4 is 0 Å². The number of carbonyl (C=O) groups excluding carboxylic acids is 1. The summed E-state index contributed by atoms with van der Waals surface area (Å²) in [5, 5.41) is 10.0. The average Bonchev–Trinajstić information content (AvgIpc) is 2.89. The predicted octanol–water partition coefficient (Wildman–Crippen LogP) is 10.7. The zero-order valence-electron chi connectivity index (χ0n) is 27.5. The highest BCUT2D eigenvalue weighted by Crippen LogP contribution is 2.39. The second kappa shape index (κ2) is 18.6. The first kappa shape index (κ1) is 36.3. The molecule has 1 N–H and O–H groups in total. The fraction of sp³-hybridized carbons (Fsp3) is 0.325. The van der Waals surface area contributed by atoms with Crippen molar-refractivity contribution in [1.29, 1.82) is 0 Å². The number of hydrogen-bond acceptors (Lipinski definition) is 2. The number of aliphatic hydroxyl groups is 1. The Morgan fingerprint density at radius 3 is 1.38 bits per heavy atom. The van der Waals surface area contributed by atoms with Crippen molar-refractivity contribution < 1.29 is 9.90 Å². The third-order valence-electron chi connectivity index (χ3n) is 6.79. The molecule has 2 heteroatoms. The summed E-state index contributed by atoms with van der Waals surface area (Å²) in [4.78, 5) is 12.2. The van der Waals surface area contributed by atoms with Crippen LogP contribution in [0.25, 0.3) is 0 Å². The summed E-state index contributed by atoms with van der Waals surface area (Å²) in [5.74, 6) is -0.163. The molecule has 1 rings (SSSR count). The van der Waals surface area contributed by atoms with Gasteiger partial charge in [-0.05, 0) is 78.4 Å².